The van der Waals surface area contributed by atoms with Gasteiger partial charge in [0.1, 0.15) is 5.82 Å². The standard InChI is InChI=1S/C41H29N3/c1-24-38(25(2)43-26(3)42-24)35-23-36-31-15-7-8-16-32(31)39-34-18-10-11-19-37(34)44(29-21-20-27-12-4-5-13-28(27)22-29)41(39)40(36)33-17-9-6-14-30(33)35/h4-23H,1-3H3. The molecular formula is C41H29N3. The van der Waals surface area contributed by atoms with Gasteiger partial charge in [-0.3, -0.25) is 0 Å². The first-order valence-electron chi connectivity index (χ1n) is 15.2. The zero-order chi connectivity index (χ0) is 29.5. The topological polar surface area (TPSA) is 30.7 Å². The number of para-hydroxylation sites is 1. The summed E-state index contributed by atoms with van der Waals surface area (Å²) in [7, 11) is 0. The molecule has 44 heavy (non-hydrogen) atoms. The molecule has 0 N–H and O–H groups in total. The van der Waals surface area contributed by atoms with Crippen LogP contribution >= 0.6 is 0 Å². The molecule has 0 spiro atoms. The fraction of sp³-hybridized carbons (Fsp3) is 0.0732. The van der Waals surface area contributed by atoms with Crippen LogP contribution in [0.2, 0.25) is 0 Å². The first-order valence-corrected chi connectivity index (χ1v) is 15.2. The molecule has 9 aromatic rings. The molecule has 0 amide bonds. The minimum absolute atomic E-state index is 0.806. The first kappa shape index (κ1) is 25.0. The summed E-state index contributed by atoms with van der Waals surface area (Å²) in [5, 5.41) is 12.5. The van der Waals surface area contributed by atoms with Crippen molar-refractivity contribution in [2.45, 2.75) is 20.8 Å². The van der Waals surface area contributed by atoms with Crippen LogP contribution in [0.25, 0.3) is 81.7 Å². The Hall–Kier alpha value is -5.54. The van der Waals surface area contributed by atoms with E-state index in [0.29, 0.717) is 0 Å². The molecule has 0 saturated heterocycles. The van der Waals surface area contributed by atoms with E-state index in [4.69, 9.17) is 9.97 Å². The van der Waals surface area contributed by atoms with Gasteiger partial charge in [-0.25, -0.2) is 9.97 Å². The normalized spacial score (nSPS) is 12.0. The van der Waals surface area contributed by atoms with Crippen molar-refractivity contribution in [1.29, 1.82) is 0 Å². The van der Waals surface area contributed by atoms with Crippen LogP contribution in [0.3, 0.4) is 0 Å². The van der Waals surface area contributed by atoms with Gasteiger partial charge in [-0.2, -0.15) is 0 Å². The predicted octanol–water partition coefficient (Wildman–Crippen LogP) is 10.8. The second kappa shape index (κ2) is 9.23. The quantitative estimate of drug-likeness (QED) is 0.196. The molecule has 0 fully saturated rings. The lowest BCUT2D eigenvalue weighted by molar-refractivity contribution is 0.981. The summed E-state index contributed by atoms with van der Waals surface area (Å²) < 4.78 is 2.49. The Balaban J connectivity index is 1.56. The smallest absolute Gasteiger partial charge is 0.125 e. The number of nitrogens with zero attached hydrogens (tertiary/aromatic N) is 3. The average molecular weight is 564 g/mol. The number of aryl methyl sites for hydroxylation is 3. The fourth-order valence-corrected chi connectivity index (χ4v) is 7.59. The summed E-state index contributed by atoms with van der Waals surface area (Å²) in [5.74, 6) is 0.806. The Morgan fingerprint density at radius 3 is 1.80 bits per heavy atom. The first-order chi connectivity index (χ1) is 21.6. The van der Waals surface area contributed by atoms with Crippen LogP contribution in [-0.2, 0) is 0 Å². The van der Waals surface area contributed by atoms with E-state index < -0.39 is 0 Å². The fourth-order valence-electron chi connectivity index (χ4n) is 7.59. The SMILES string of the molecule is Cc1nc(C)c(-c2cc3c4ccccc4c4c5ccccc5n(-c5ccc6ccccc6c5)c4c3c3ccccc23)c(C)n1. The largest absolute Gasteiger partial charge is 0.309 e. The van der Waals surface area contributed by atoms with Crippen LogP contribution in [0.1, 0.15) is 17.2 Å². The van der Waals surface area contributed by atoms with Crippen molar-refractivity contribution in [2.24, 2.45) is 0 Å². The third-order valence-electron chi connectivity index (χ3n) is 9.29. The molecule has 0 aliphatic carbocycles. The molecule has 3 heteroatoms. The Morgan fingerprint density at radius 1 is 0.477 bits per heavy atom. The van der Waals surface area contributed by atoms with Crippen LogP contribution in [0, 0.1) is 20.8 Å². The molecule has 0 aliphatic heterocycles. The van der Waals surface area contributed by atoms with Crippen LogP contribution in [-0.4, -0.2) is 14.5 Å². The summed E-state index contributed by atoms with van der Waals surface area (Å²) in [6.45, 7) is 6.18. The molecule has 208 valence electrons. The van der Waals surface area contributed by atoms with E-state index in [1.807, 2.05) is 6.92 Å². The molecule has 0 unspecified atom stereocenters. The van der Waals surface area contributed by atoms with Gasteiger partial charge in [0.25, 0.3) is 0 Å². The highest BCUT2D eigenvalue weighted by molar-refractivity contribution is 6.37. The van der Waals surface area contributed by atoms with Gasteiger partial charge in [0.15, 0.2) is 0 Å². The Labute approximate surface area is 255 Å². The summed E-state index contributed by atoms with van der Waals surface area (Å²) in [4.78, 5) is 9.60. The van der Waals surface area contributed by atoms with Gasteiger partial charge in [-0.15, -0.1) is 0 Å². The maximum atomic E-state index is 4.80. The molecule has 0 bridgehead atoms. The molecule has 3 nitrogen and oxygen atoms in total. The van der Waals surface area contributed by atoms with Gasteiger partial charge < -0.3 is 4.57 Å². The molecular weight excluding hydrogens is 534 g/mol. The number of hydrogen-bond acceptors (Lipinski definition) is 2. The summed E-state index contributed by atoms with van der Waals surface area (Å²) >= 11 is 0. The van der Waals surface area contributed by atoms with Gasteiger partial charge in [-0.1, -0.05) is 97.1 Å². The van der Waals surface area contributed by atoms with Crippen LogP contribution in [0.15, 0.2) is 121 Å². The minimum Gasteiger partial charge on any atom is -0.309 e. The maximum absolute atomic E-state index is 4.80. The van der Waals surface area contributed by atoms with E-state index >= 15 is 0 Å². The Bertz CT molecular complexity index is 2620. The van der Waals surface area contributed by atoms with Crippen molar-refractivity contribution in [3.63, 3.8) is 0 Å². The van der Waals surface area contributed by atoms with Crippen molar-refractivity contribution in [3.8, 4) is 16.8 Å². The molecule has 0 atom stereocenters. The third kappa shape index (κ3) is 3.44. The van der Waals surface area contributed by atoms with Crippen molar-refractivity contribution in [3.05, 3.63) is 139 Å². The van der Waals surface area contributed by atoms with Gasteiger partial charge in [0, 0.05) is 38.8 Å². The van der Waals surface area contributed by atoms with Crippen molar-refractivity contribution in [1.82, 2.24) is 14.5 Å². The monoisotopic (exact) mass is 563 g/mol. The third-order valence-corrected chi connectivity index (χ3v) is 9.29. The van der Waals surface area contributed by atoms with Gasteiger partial charge >= 0.3 is 0 Å². The Morgan fingerprint density at radius 2 is 1.05 bits per heavy atom. The van der Waals surface area contributed by atoms with E-state index in [1.54, 1.807) is 0 Å². The lowest BCUT2D eigenvalue weighted by Crippen LogP contribution is -2.00. The zero-order valence-corrected chi connectivity index (χ0v) is 24.9. The number of hydrogen-bond donors (Lipinski definition) is 0. The summed E-state index contributed by atoms with van der Waals surface area (Å²) in [5.41, 5.74) is 7.94. The van der Waals surface area contributed by atoms with Crippen molar-refractivity contribution < 1.29 is 0 Å². The van der Waals surface area contributed by atoms with Crippen LogP contribution in [0.5, 0.6) is 0 Å². The predicted molar refractivity (Wildman–Crippen MR) is 186 cm³/mol. The highest BCUT2D eigenvalue weighted by Gasteiger charge is 2.23. The van der Waals surface area contributed by atoms with Crippen molar-refractivity contribution >= 4 is 64.9 Å². The highest BCUT2D eigenvalue weighted by atomic mass is 15.0. The van der Waals surface area contributed by atoms with Gasteiger partial charge in [0.05, 0.1) is 11.0 Å². The van der Waals surface area contributed by atoms with E-state index in [0.717, 1.165) is 22.8 Å². The molecule has 0 aliphatic rings. The maximum Gasteiger partial charge on any atom is 0.125 e. The van der Waals surface area contributed by atoms with Crippen LogP contribution < -0.4 is 0 Å². The Kier molecular flexibility index (Phi) is 5.24. The van der Waals surface area contributed by atoms with Gasteiger partial charge in [-0.05, 0) is 88.3 Å². The van der Waals surface area contributed by atoms with E-state index in [1.165, 1.54) is 76.1 Å². The number of rotatable bonds is 2. The number of aromatic nitrogens is 3. The molecule has 2 aromatic heterocycles. The zero-order valence-electron chi connectivity index (χ0n) is 24.9. The van der Waals surface area contributed by atoms with Crippen molar-refractivity contribution in [2.75, 3.05) is 0 Å². The lowest BCUT2D eigenvalue weighted by atomic mass is 9.88. The van der Waals surface area contributed by atoms with E-state index in [9.17, 15) is 0 Å². The molecule has 0 radical (unpaired) electrons. The highest BCUT2D eigenvalue weighted by Crippen LogP contribution is 2.47. The van der Waals surface area contributed by atoms with E-state index in [2.05, 4.69) is 140 Å². The lowest BCUT2D eigenvalue weighted by Gasteiger charge is -2.18. The van der Waals surface area contributed by atoms with Crippen LogP contribution in [0.4, 0.5) is 0 Å². The molecule has 9 rings (SSSR count). The minimum atomic E-state index is 0.806. The number of fused-ring (bicyclic) bond motifs is 11. The second-order valence-electron chi connectivity index (χ2n) is 11.9. The molecule has 2 heterocycles. The molecule has 7 aromatic carbocycles. The average Bonchev–Trinajstić information content (AvgIpc) is 3.39. The summed E-state index contributed by atoms with van der Waals surface area (Å²) in [6, 6.07) is 44.5. The number of benzene rings is 7. The van der Waals surface area contributed by atoms with Gasteiger partial charge in [0.2, 0.25) is 0 Å². The van der Waals surface area contributed by atoms with E-state index in [-0.39, 0.29) is 0 Å². The molecule has 0 saturated carbocycles. The second-order valence-corrected chi connectivity index (χ2v) is 11.9. The summed E-state index contributed by atoms with van der Waals surface area (Å²) in [6.07, 6.45) is 0.